The SMILES string of the molecule is O=C(CCSSCCC(=O)NCCc1nc2ccccc2[nH]1)NCCc1nc2ccccc2[nH]1. The molecule has 4 rings (SSSR count). The molecule has 10 heteroatoms. The average Bonchev–Trinajstić information content (AvgIpc) is 3.44. The van der Waals surface area contributed by atoms with Crippen molar-refractivity contribution < 1.29 is 9.59 Å². The maximum Gasteiger partial charge on any atom is 0.220 e. The summed E-state index contributed by atoms with van der Waals surface area (Å²) in [5, 5.41) is 5.87. The van der Waals surface area contributed by atoms with Gasteiger partial charge in [-0.15, -0.1) is 0 Å². The van der Waals surface area contributed by atoms with Gasteiger partial charge in [0.25, 0.3) is 0 Å². The van der Waals surface area contributed by atoms with Gasteiger partial charge in [-0.05, 0) is 24.3 Å². The van der Waals surface area contributed by atoms with Gasteiger partial charge < -0.3 is 20.6 Å². The van der Waals surface area contributed by atoms with Gasteiger partial charge in [-0.3, -0.25) is 9.59 Å². The molecule has 34 heavy (non-hydrogen) atoms. The van der Waals surface area contributed by atoms with E-state index in [1.807, 2.05) is 48.5 Å². The molecule has 0 saturated carbocycles. The first-order valence-electron chi connectivity index (χ1n) is 11.3. The molecule has 0 fully saturated rings. The Morgan fingerprint density at radius 3 is 1.59 bits per heavy atom. The Bertz CT molecular complexity index is 1080. The molecule has 0 spiro atoms. The molecular weight excluding hydrogens is 468 g/mol. The van der Waals surface area contributed by atoms with Crippen LogP contribution in [0.3, 0.4) is 0 Å². The highest BCUT2D eigenvalue weighted by molar-refractivity contribution is 8.76. The van der Waals surface area contributed by atoms with E-state index in [-0.39, 0.29) is 11.8 Å². The fourth-order valence-electron chi connectivity index (χ4n) is 3.45. The van der Waals surface area contributed by atoms with E-state index in [1.165, 1.54) is 0 Å². The minimum Gasteiger partial charge on any atom is -0.356 e. The van der Waals surface area contributed by atoms with E-state index in [1.54, 1.807) is 21.6 Å². The van der Waals surface area contributed by atoms with Crippen LogP contribution in [0.1, 0.15) is 24.5 Å². The normalized spacial score (nSPS) is 11.2. The molecule has 4 N–H and O–H groups in total. The fraction of sp³-hybridized carbons (Fsp3) is 0.333. The molecule has 4 aromatic rings. The molecule has 0 bridgehead atoms. The van der Waals surface area contributed by atoms with Gasteiger partial charge in [0.1, 0.15) is 11.6 Å². The van der Waals surface area contributed by atoms with Crippen molar-refractivity contribution in [2.45, 2.75) is 25.7 Å². The second kappa shape index (κ2) is 12.5. The Hall–Kier alpha value is -2.98. The van der Waals surface area contributed by atoms with E-state index in [0.29, 0.717) is 38.8 Å². The number of para-hydroxylation sites is 4. The summed E-state index contributed by atoms with van der Waals surface area (Å²) in [4.78, 5) is 39.6. The highest BCUT2D eigenvalue weighted by atomic mass is 33.1. The summed E-state index contributed by atoms with van der Waals surface area (Å²) in [5.74, 6) is 3.26. The topological polar surface area (TPSA) is 116 Å². The predicted octanol–water partition coefficient (Wildman–Crippen LogP) is 3.62. The van der Waals surface area contributed by atoms with Crippen LogP contribution >= 0.6 is 21.6 Å². The fourth-order valence-corrected chi connectivity index (χ4v) is 5.43. The zero-order valence-electron chi connectivity index (χ0n) is 18.8. The molecule has 2 aromatic heterocycles. The molecule has 178 valence electrons. The second-order valence-electron chi connectivity index (χ2n) is 7.75. The van der Waals surface area contributed by atoms with Gasteiger partial charge in [-0.1, -0.05) is 45.9 Å². The van der Waals surface area contributed by atoms with Gasteiger partial charge in [0.15, 0.2) is 0 Å². The summed E-state index contributed by atoms with van der Waals surface area (Å²) in [5.41, 5.74) is 3.91. The van der Waals surface area contributed by atoms with Crippen molar-refractivity contribution in [3.05, 3.63) is 60.2 Å². The standard InChI is InChI=1S/C24H28N6O2S2/c31-23(25-13-9-21-27-17-5-1-2-6-18(17)28-21)11-15-33-34-16-12-24(32)26-14-10-22-29-19-7-3-4-8-20(19)30-22/h1-8H,9-16H2,(H,25,31)(H,26,32)(H,27,28)(H,29,30). The molecule has 0 radical (unpaired) electrons. The van der Waals surface area contributed by atoms with Crippen LogP contribution in [0.15, 0.2) is 48.5 Å². The van der Waals surface area contributed by atoms with Crippen LogP contribution in [0.4, 0.5) is 0 Å². The van der Waals surface area contributed by atoms with E-state index in [4.69, 9.17) is 0 Å². The number of imidazole rings is 2. The van der Waals surface area contributed by atoms with Crippen LogP contribution in [0.5, 0.6) is 0 Å². The van der Waals surface area contributed by atoms with E-state index < -0.39 is 0 Å². The Morgan fingerprint density at radius 2 is 1.15 bits per heavy atom. The molecule has 0 aliphatic carbocycles. The van der Waals surface area contributed by atoms with Gasteiger partial charge in [0.2, 0.25) is 11.8 Å². The number of hydrogen-bond acceptors (Lipinski definition) is 6. The van der Waals surface area contributed by atoms with Crippen molar-refractivity contribution >= 4 is 55.5 Å². The number of aromatic nitrogens is 4. The van der Waals surface area contributed by atoms with E-state index in [0.717, 1.165) is 45.2 Å². The Morgan fingerprint density at radius 1 is 0.706 bits per heavy atom. The summed E-state index contributed by atoms with van der Waals surface area (Å²) in [6, 6.07) is 15.8. The summed E-state index contributed by atoms with van der Waals surface area (Å²) < 4.78 is 0. The Balaban J connectivity index is 0.997. The van der Waals surface area contributed by atoms with Gasteiger partial charge in [0.05, 0.1) is 22.1 Å². The molecule has 2 aromatic carbocycles. The zero-order valence-corrected chi connectivity index (χ0v) is 20.4. The lowest BCUT2D eigenvalue weighted by Gasteiger charge is -2.05. The van der Waals surface area contributed by atoms with E-state index >= 15 is 0 Å². The maximum atomic E-state index is 12.0. The molecule has 8 nitrogen and oxygen atoms in total. The molecule has 0 unspecified atom stereocenters. The third kappa shape index (κ3) is 7.26. The minimum atomic E-state index is 0.0348. The third-order valence-corrected chi connectivity index (χ3v) is 7.56. The molecule has 0 atom stereocenters. The molecule has 2 amide bonds. The molecule has 0 aliphatic rings. The van der Waals surface area contributed by atoms with Crippen molar-refractivity contribution in [2.75, 3.05) is 24.6 Å². The number of H-pyrrole nitrogens is 2. The van der Waals surface area contributed by atoms with Crippen LogP contribution in [0.2, 0.25) is 0 Å². The number of nitrogens with one attached hydrogen (secondary N) is 4. The zero-order chi connectivity index (χ0) is 23.6. The van der Waals surface area contributed by atoms with Gasteiger partial charge in [-0.2, -0.15) is 0 Å². The number of hydrogen-bond donors (Lipinski definition) is 4. The van der Waals surface area contributed by atoms with Crippen LogP contribution in [0, 0.1) is 0 Å². The smallest absolute Gasteiger partial charge is 0.220 e. The summed E-state index contributed by atoms with van der Waals surface area (Å²) in [7, 11) is 3.24. The number of aromatic amines is 2. The lowest BCUT2D eigenvalue weighted by Crippen LogP contribution is -2.26. The van der Waals surface area contributed by atoms with Crippen LogP contribution in [-0.4, -0.2) is 56.3 Å². The van der Waals surface area contributed by atoms with Gasteiger partial charge >= 0.3 is 0 Å². The average molecular weight is 497 g/mol. The summed E-state index contributed by atoms with van der Waals surface area (Å²) in [6.45, 7) is 1.12. The first-order chi connectivity index (χ1) is 16.7. The largest absolute Gasteiger partial charge is 0.356 e. The van der Waals surface area contributed by atoms with Crippen LogP contribution in [-0.2, 0) is 22.4 Å². The summed E-state index contributed by atoms with van der Waals surface area (Å²) in [6.07, 6.45) is 2.27. The number of carbonyl (C=O) groups is 2. The second-order valence-corrected chi connectivity index (χ2v) is 10.4. The first kappa shape index (κ1) is 24.2. The molecular formula is C24H28N6O2S2. The quantitative estimate of drug-likeness (QED) is 0.166. The number of nitrogens with zero attached hydrogens (tertiary/aromatic N) is 2. The van der Waals surface area contributed by atoms with Crippen molar-refractivity contribution in [1.82, 2.24) is 30.6 Å². The Labute approximate surface area is 205 Å². The van der Waals surface area contributed by atoms with Crippen LogP contribution < -0.4 is 10.6 Å². The van der Waals surface area contributed by atoms with Crippen LogP contribution in [0.25, 0.3) is 22.1 Å². The highest BCUT2D eigenvalue weighted by Crippen LogP contribution is 2.22. The predicted molar refractivity (Wildman–Crippen MR) is 140 cm³/mol. The lowest BCUT2D eigenvalue weighted by molar-refractivity contribution is -0.121. The molecule has 2 heterocycles. The first-order valence-corrected chi connectivity index (χ1v) is 13.8. The maximum absolute atomic E-state index is 12.0. The van der Waals surface area contributed by atoms with Crippen molar-refractivity contribution in [3.63, 3.8) is 0 Å². The molecule has 0 saturated heterocycles. The number of amides is 2. The number of benzene rings is 2. The number of carbonyl (C=O) groups excluding carboxylic acids is 2. The van der Waals surface area contributed by atoms with Gasteiger partial charge in [-0.25, -0.2) is 9.97 Å². The van der Waals surface area contributed by atoms with E-state index in [9.17, 15) is 9.59 Å². The third-order valence-electron chi connectivity index (χ3n) is 5.15. The van der Waals surface area contributed by atoms with E-state index in [2.05, 4.69) is 30.6 Å². The monoisotopic (exact) mass is 496 g/mol. The number of fused-ring (bicyclic) bond motifs is 2. The minimum absolute atomic E-state index is 0.0348. The Kier molecular flexibility index (Phi) is 8.86. The highest BCUT2D eigenvalue weighted by Gasteiger charge is 2.06. The van der Waals surface area contributed by atoms with Crippen molar-refractivity contribution in [2.24, 2.45) is 0 Å². The van der Waals surface area contributed by atoms with Crippen molar-refractivity contribution in [3.8, 4) is 0 Å². The lowest BCUT2D eigenvalue weighted by atomic mass is 10.3. The van der Waals surface area contributed by atoms with Crippen molar-refractivity contribution in [1.29, 1.82) is 0 Å². The van der Waals surface area contributed by atoms with Gasteiger partial charge in [0, 0.05) is 50.3 Å². The number of rotatable bonds is 13. The summed E-state index contributed by atoms with van der Waals surface area (Å²) >= 11 is 0. The molecule has 0 aliphatic heterocycles.